The molecule has 58 heavy (non-hydrogen) atoms. The van der Waals surface area contributed by atoms with Crippen LogP contribution in [0.1, 0.15) is 31.9 Å². The number of carbonyl (C=O) groups is 1. The Bertz CT molecular complexity index is 2170. The molecule has 0 spiro atoms. The maximum atomic E-state index is 13.5. The quantitative estimate of drug-likeness (QED) is 0.0364. The van der Waals surface area contributed by atoms with Gasteiger partial charge in [-0.2, -0.15) is 4.98 Å². The lowest BCUT2D eigenvalue weighted by Crippen LogP contribution is -2.22. The molecular formula is C41H50N6O10S. The molecular weight excluding hydrogens is 769 g/mol. The van der Waals surface area contributed by atoms with E-state index in [1.165, 1.54) is 7.11 Å². The van der Waals surface area contributed by atoms with E-state index in [1.807, 2.05) is 57.2 Å². The molecule has 0 aliphatic carbocycles. The van der Waals surface area contributed by atoms with E-state index < -0.39 is 17.3 Å². The molecule has 5 aromatic rings. The average molecular weight is 819 g/mol. The predicted octanol–water partition coefficient (Wildman–Crippen LogP) is 7.41. The first-order valence-corrected chi connectivity index (χ1v) is 19.5. The van der Waals surface area contributed by atoms with Crippen LogP contribution in [0.5, 0.6) is 28.9 Å². The minimum absolute atomic E-state index is 0.0453. The van der Waals surface area contributed by atoms with Crippen LogP contribution in [0.2, 0.25) is 0 Å². The second kappa shape index (κ2) is 21.3. The number of ether oxygens (including phenoxy) is 7. The molecule has 0 aliphatic heterocycles. The lowest BCUT2D eigenvalue weighted by Gasteiger charge is -2.24. The first-order valence-electron chi connectivity index (χ1n) is 18.4. The molecule has 0 saturated carbocycles. The number of benzene rings is 4. The maximum absolute atomic E-state index is 13.5. The van der Waals surface area contributed by atoms with Gasteiger partial charge in [-0.05, 0) is 29.2 Å². The maximum Gasteiger partial charge on any atom is 0.323 e. The van der Waals surface area contributed by atoms with Crippen LogP contribution in [0.25, 0.3) is 10.8 Å². The molecule has 5 rings (SSSR count). The van der Waals surface area contributed by atoms with Crippen LogP contribution in [-0.4, -0.2) is 85.7 Å². The second-order valence-electron chi connectivity index (χ2n) is 13.7. The Balaban J connectivity index is 1.27. The van der Waals surface area contributed by atoms with E-state index in [0.717, 1.165) is 16.3 Å². The van der Waals surface area contributed by atoms with E-state index in [-0.39, 0.29) is 23.8 Å². The minimum atomic E-state index is -2.23. The molecule has 1 unspecified atom stereocenters. The molecule has 2 amide bonds. The summed E-state index contributed by atoms with van der Waals surface area (Å²) in [6, 6.07) is 21.2. The van der Waals surface area contributed by atoms with Gasteiger partial charge >= 0.3 is 6.03 Å². The van der Waals surface area contributed by atoms with Gasteiger partial charge in [-0.1, -0.05) is 51.1 Å². The van der Waals surface area contributed by atoms with Crippen molar-refractivity contribution in [1.82, 2.24) is 14.7 Å². The number of aromatic nitrogens is 2. The molecule has 0 saturated heterocycles. The van der Waals surface area contributed by atoms with Gasteiger partial charge in [0.1, 0.15) is 29.6 Å². The molecule has 17 heteroatoms. The summed E-state index contributed by atoms with van der Waals surface area (Å²) in [7, 11) is 4.68. The van der Waals surface area contributed by atoms with Gasteiger partial charge in [0.25, 0.3) is 0 Å². The van der Waals surface area contributed by atoms with Gasteiger partial charge in [-0.15, -0.1) is 0 Å². The summed E-state index contributed by atoms with van der Waals surface area (Å²) in [5.74, 6) is 2.58. The Morgan fingerprint density at radius 1 is 0.793 bits per heavy atom. The van der Waals surface area contributed by atoms with Crippen molar-refractivity contribution in [3.05, 3.63) is 90.1 Å². The molecule has 0 radical (unpaired) electrons. The number of nitrogens with zero attached hydrogens (tertiary/aromatic N) is 2. The van der Waals surface area contributed by atoms with Crippen LogP contribution in [0.3, 0.4) is 0 Å². The third kappa shape index (κ3) is 12.7. The minimum Gasteiger partial charge on any atom is -0.497 e. The van der Waals surface area contributed by atoms with Gasteiger partial charge in [-0.25, -0.2) is 18.7 Å². The summed E-state index contributed by atoms with van der Waals surface area (Å²) in [6.45, 7) is 8.84. The number of carbonyl (C=O) groups excluding carboxylic acids is 1. The number of anilines is 4. The topological polar surface area (TPSA) is 193 Å². The fourth-order valence-corrected chi connectivity index (χ4v) is 5.98. The van der Waals surface area contributed by atoms with Crippen molar-refractivity contribution in [2.24, 2.45) is 0 Å². The van der Waals surface area contributed by atoms with Gasteiger partial charge in [0.15, 0.2) is 0 Å². The number of hydrogen-bond acceptors (Lipinski definition) is 12. The molecule has 16 nitrogen and oxygen atoms in total. The van der Waals surface area contributed by atoms with Crippen molar-refractivity contribution in [2.75, 3.05) is 76.9 Å². The molecule has 4 aromatic carbocycles. The highest BCUT2D eigenvalue weighted by atomic mass is 32.2. The third-order valence-corrected chi connectivity index (χ3v) is 8.91. The third-order valence-electron chi connectivity index (χ3n) is 8.52. The van der Waals surface area contributed by atoms with Crippen LogP contribution < -0.4 is 39.6 Å². The molecule has 0 fully saturated rings. The summed E-state index contributed by atoms with van der Waals surface area (Å²) in [5, 5.41) is 10.5. The number of hydrogen-bond donors (Lipinski definition) is 5. The van der Waals surface area contributed by atoms with Crippen molar-refractivity contribution in [2.45, 2.75) is 32.7 Å². The lowest BCUT2D eigenvalue weighted by atomic mass is 9.85. The van der Waals surface area contributed by atoms with Crippen LogP contribution in [0, 0.1) is 0 Å². The van der Waals surface area contributed by atoms with Gasteiger partial charge < -0.3 is 49.1 Å². The SMILES string of the molecule is COCCOCCOCCOc1cc(Nc2nccc(Oc3ccc(NC(=O)Nc4cc(C(C)(C)C)cc(CNS(=O)O)c4OC)c4ccccc34)n2)cc(OC)c1. The van der Waals surface area contributed by atoms with E-state index in [9.17, 15) is 13.6 Å². The molecule has 5 N–H and O–H groups in total. The molecule has 1 aromatic heterocycles. The largest absolute Gasteiger partial charge is 0.497 e. The summed E-state index contributed by atoms with van der Waals surface area (Å²) in [4.78, 5) is 22.5. The highest BCUT2D eigenvalue weighted by Crippen LogP contribution is 2.37. The molecule has 310 valence electrons. The van der Waals surface area contributed by atoms with Crippen LogP contribution in [-0.2, 0) is 37.4 Å². The first kappa shape index (κ1) is 43.6. The summed E-state index contributed by atoms with van der Waals surface area (Å²) in [6.07, 6.45) is 1.58. The molecule has 1 atom stereocenters. The molecule has 0 bridgehead atoms. The highest BCUT2D eigenvalue weighted by molar-refractivity contribution is 7.77. The molecule has 1 heterocycles. The Labute approximate surface area is 340 Å². The normalized spacial score (nSPS) is 11.8. The Hall–Kier alpha value is -5.56. The predicted molar refractivity (Wildman–Crippen MR) is 223 cm³/mol. The van der Waals surface area contributed by atoms with Crippen LogP contribution >= 0.6 is 0 Å². The fourth-order valence-electron chi connectivity index (χ4n) is 5.70. The zero-order chi connectivity index (χ0) is 41.5. The Morgan fingerprint density at radius 3 is 2.21 bits per heavy atom. The van der Waals surface area contributed by atoms with Crippen LogP contribution in [0.4, 0.5) is 27.8 Å². The summed E-state index contributed by atoms with van der Waals surface area (Å²) < 4.78 is 62.4. The summed E-state index contributed by atoms with van der Waals surface area (Å²) >= 11 is -2.23. The van der Waals surface area contributed by atoms with Gasteiger partial charge in [-0.3, -0.25) is 4.55 Å². The Morgan fingerprint density at radius 2 is 1.50 bits per heavy atom. The first-order chi connectivity index (χ1) is 28.0. The van der Waals surface area contributed by atoms with Crippen molar-refractivity contribution in [1.29, 1.82) is 0 Å². The number of methoxy groups -OCH3 is 3. The van der Waals surface area contributed by atoms with E-state index in [2.05, 4.69) is 30.6 Å². The monoisotopic (exact) mass is 818 g/mol. The number of amides is 2. The van der Waals surface area contributed by atoms with Crippen molar-refractivity contribution < 1.29 is 46.7 Å². The second-order valence-corrected chi connectivity index (χ2v) is 14.5. The van der Waals surface area contributed by atoms with Crippen molar-refractivity contribution in [3.63, 3.8) is 0 Å². The van der Waals surface area contributed by atoms with Crippen molar-refractivity contribution in [3.8, 4) is 28.9 Å². The Kier molecular flexibility index (Phi) is 16.0. The highest BCUT2D eigenvalue weighted by Gasteiger charge is 2.21. The summed E-state index contributed by atoms with van der Waals surface area (Å²) in [5.41, 5.74) is 2.79. The fraction of sp³-hybridized carbons (Fsp3) is 0.341. The number of urea groups is 1. The van der Waals surface area contributed by atoms with Crippen molar-refractivity contribution >= 4 is 51.1 Å². The standard InChI is InChI=1S/C41H50N6O10S/c1-41(2,3)28-21-27(26-43-58(49)50)38(53-6)35(22-28)46-40(48)45-34-11-12-36(33-10-8-7-9-32(33)34)57-37-13-14-42-39(47-37)44-29-23-30(52-5)25-31(24-29)56-20-19-55-18-17-54-16-15-51-4/h7-14,21-25,43H,15-20,26H2,1-6H3,(H,49,50)(H,42,44,47)(H2,45,46,48). The van der Waals surface area contributed by atoms with E-state index in [0.29, 0.717) is 85.3 Å². The van der Waals surface area contributed by atoms with Gasteiger partial charge in [0.2, 0.25) is 23.1 Å². The zero-order valence-electron chi connectivity index (χ0n) is 33.4. The number of nitrogens with one attached hydrogen (secondary N) is 4. The number of rotatable bonds is 21. The van der Waals surface area contributed by atoms with E-state index in [4.69, 9.17) is 33.2 Å². The smallest absolute Gasteiger partial charge is 0.323 e. The van der Waals surface area contributed by atoms with Gasteiger partial charge in [0.05, 0.1) is 58.6 Å². The van der Waals surface area contributed by atoms with E-state index in [1.54, 1.807) is 56.8 Å². The van der Waals surface area contributed by atoms with Crippen LogP contribution in [0.15, 0.2) is 79.0 Å². The zero-order valence-corrected chi connectivity index (χ0v) is 34.2. The number of fused-ring (bicyclic) bond motifs is 1. The average Bonchev–Trinajstić information content (AvgIpc) is 3.20. The lowest BCUT2D eigenvalue weighted by molar-refractivity contribution is 0.0179. The van der Waals surface area contributed by atoms with E-state index >= 15 is 0 Å². The molecule has 0 aliphatic rings. The van der Waals surface area contributed by atoms with Gasteiger partial charge in [0, 0.05) is 66.1 Å².